The summed E-state index contributed by atoms with van der Waals surface area (Å²) in [5, 5.41) is 9.19. The van der Waals surface area contributed by atoms with Crippen LogP contribution in [0.25, 0.3) is 10.9 Å². The molecular weight excluding hydrogens is 330 g/mol. The molecule has 132 valence electrons. The molecule has 3 rings (SSSR count). The number of fused-ring (bicyclic) bond motifs is 1. The number of aryl methyl sites for hydroxylation is 2. The van der Waals surface area contributed by atoms with Crippen LogP contribution in [0.15, 0.2) is 47.7 Å². The molecule has 0 radical (unpaired) electrons. The maximum absolute atomic E-state index is 4.38. The van der Waals surface area contributed by atoms with Crippen molar-refractivity contribution in [2.24, 2.45) is 4.99 Å². The van der Waals surface area contributed by atoms with Gasteiger partial charge < -0.3 is 15.2 Å². The van der Waals surface area contributed by atoms with Gasteiger partial charge in [-0.2, -0.15) is 0 Å². The summed E-state index contributed by atoms with van der Waals surface area (Å²) in [6, 6.07) is 10.7. The van der Waals surface area contributed by atoms with Crippen LogP contribution in [0.2, 0.25) is 0 Å². The van der Waals surface area contributed by atoms with Gasteiger partial charge in [-0.15, -0.1) is 11.3 Å². The average molecular weight is 356 g/mol. The van der Waals surface area contributed by atoms with Gasteiger partial charge in [-0.3, -0.25) is 4.99 Å². The predicted molar refractivity (Wildman–Crippen MR) is 106 cm³/mol. The highest BCUT2D eigenvalue weighted by Gasteiger charge is 2.02. The van der Waals surface area contributed by atoms with E-state index in [1.165, 1.54) is 20.8 Å². The van der Waals surface area contributed by atoms with Crippen LogP contribution in [0.4, 0.5) is 0 Å². The highest BCUT2D eigenvalue weighted by Crippen LogP contribution is 2.15. The third-order valence-electron chi connectivity index (χ3n) is 4.07. The number of nitrogens with zero attached hydrogens (tertiary/aromatic N) is 3. The van der Waals surface area contributed by atoms with Crippen molar-refractivity contribution in [2.75, 3.05) is 20.1 Å². The van der Waals surface area contributed by atoms with Crippen LogP contribution in [0.3, 0.4) is 0 Å². The van der Waals surface area contributed by atoms with Gasteiger partial charge in [0, 0.05) is 55.9 Å². The van der Waals surface area contributed by atoms with Crippen LogP contribution in [-0.2, 0) is 13.0 Å². The molecule has 3 aromatic rings. The van der Waals surface area contributed by atoms with E-state index in [0.717, 1.165) is 38.4 Å². The molecule has 0 fully saturated rings. The minimum Gasteiger partial charge on any atom is -0.356 e. The molecule has 2 aromatic heterocycles. The Balaban J connectivity index is 1.38. The summed E-state index contributed by atoms with van der Waals surface area (Å²) in [5.41, 5.74) is 1.30. The number of nitrogens with one attached hydrogen (secondary N) is 2. The lowest BCUT2D eigenvalue weighted by Gasteiger charge is -2.12. The monoisotopic (exact) mass is 355 g/mol. The third-order valence-corrected chi connectivity index (χ3v) is 5.05. The van der Waals surface area contributed by atoms with Gasteiger partial charge in [0.15, 0.2) is 5.96 Å². The zero-order chi connectivity index (χ0) is 17.5. The van der Waals surface area contributed by atoms with E-state index in [1.807, 2.05) is 13.2 Å². The minimum atomic E-state index is 0.842. The highest BCUT2D eigenvalue weighted by atomic mass is 32.1. The average Bonchev–Trinajstić information content (AvgIpc) is 3.23. The molecule has 0 aliphatic carbocycles. The van der Waals surface area contributed by atoms with Crippen molar-refractivity contribution in [1.82, 2.24) is 20.2 Å². The van der Waals surface area contributed by atoms with Crippen molar-refractivity contribution >= 4 is 28.2 Å². The first-order valence-corrected chi connectivity index (χ1v) is 9.47. The van der Waals surface area contributed by atoms with Crippen molar-refractivity contribution in [3.05, 3.63) is 52.6 Å². The number of rotatable bonds is 7. The van der Waals surface area contributed by atoms with Gasteiger partial charge in [0.1, 0.15) is 0 Å². The Labute approximate surface area is 152 Å². The zero-order valence-corrected chi connectivity index (χ0v) is 15.6. The molecule has 5 nitrogen and oxygen atoms in total. The standard InChI is InChI=1S/C19H25N5S/c1-15-14-23-18(25-15)8-11-22-19(20-2)21-10-5-12-24-13-9-16-6-3-4-7-17(16)24/h3-4,6-7,9,13-14H,5,8,10-12H2,1-2H3,(H2,20,21,22). The van der Waals surface area contributed by atoms with Gasteiger partial charge in [-0.25, -0.2) is 4.98 Å². The van der Waals surface area contributed by atoms with Crippen molar-refractivity contribution in [1.29, 1.82) is 0 Å². The molecule has 0 bridgehead atoms. The van der Waals surface area contributed by atoms with Crippen molar-refractivity contribution in [3.8, 4) is 0 Å². The van der Waals surface area contributed by atoms with Crippen molar-refractivity contribution in [3.63, 3.8) is 0 Å². The second kappa shape index (κ2) is 8.67. The summed E-state index contributed by atoms with van der Waals surface area (Å²) >= 11 is 1.75. The molecule has 25 heavy (non-hydrogen) atoms. The Morgan fingerprint density at radius 3 is 2.84 bits per heavy atom. The van der Waals surface area contributed by atoms with Crippen LogP contribution in [-0.4, -0.2) is 35.6 Å². The molecule has 0 unspecified atom stereocenters. The fourth-order valence-electron chi connectivity index (χ4n) is 2.82. The lowest BCUT2D eigenvalue weighted by molar-refractivity contribution is 0.640. The summed E-state index contributed by atoms with van der Waals surface area (Å²) in [7, 11) is 1.81. The van der Waals surface area contributed by atoms with E-state index in [9.17, 15) is 0 Å². The molecule has 0 saturated heterocycles. The number of para-hydroxylation sites is 1. The normalized spacial score (nSPS) is 11.8. The number of hydrogen-bond donors (Lipinski definition) is 2. The number of aromatic nitrogens is 2. The molecular formula is C19H25N5S. The molecule has 0 amide bonds. The smallest absolute Gasteiger partial charge is 0.190 e. The number of aliphatic imine (C=N–C) groups is 1. The van der Waals surface area contributed by atoms with E-state index in [2.05, 4.69) is 68.6 Å². The predicted octanol–water partition coefficient (Wildman–Crippen LogP) is 3.20. The summed E-state index contributed by atoms with van der Waals surface area (Å²) < 4.78 is 2.30. The molecule has 1 aromatic carbocycles. The topological polar surface area (TPSA) is 54.2 Å². The fourth-order valence-corrected chi connectivity index (χ4v) is 3.60. The molecule has 0 aliphatic heterocycles. The van der Waals surface area contributed by atoms with Crippen LogP contribution in [0.5, 0.6) is 0 Å². The van der Waals surface area contributed by atoms with Gasteiger partial charge in [0.05, 0.1) is 5.01 Å². The van der Waals surface area contributed by atoms with E-state index in [4.69, 9.17) is 0 Å². The Morgan fingerprint density at radius 2 is 2.04 bits per heavy atom. The Bertz CT molecular complexity index is 833. The number of hydrogen-bond acceptors (Lipinski definition) is 3. The summed E-state index contributed by atoms with van der Waals surface area (Å²) in [6.07, 6.45) is 6.06. The molecule has 0 spiro atoms. The molecule has 2 heterocycles. The highest BCUT2D eigenvalue weighted by molar-refractivity contribution is 7.11. The molecule has 0 saturated carbocycles. The minimum absolute atomic E-state index is 0.842. The number of guanidine groups is 1. The van der Waals surface area contributed by atoms with E-state index in [-0.39, 0.29) is 0 Å². The Morgan fingerprint density at radius 1 is 1.20 bits per heavy atom. The van der Waals surface area contributed by atoms with Gasteiger partial charge in [-0.1, -0.05) is 18.2 Å². The first-order valence-electron chi connectivity index (χ1n) is 8.66. The number of benzene rings is 1. The first kappa shape index (κ1) is 17.5. The quantitative estimate of drug-likeness (QED) is 0.389. The van der Waals surface area contributed by atoms with Crippen LogP contribution < -0.4 is 10.6 Å². The SMILES string of the molecule is CN=C(NCCCn1ccc2ccccc21)NCCc1ncc(C)s1. The maximum Gasteiger partial charge on any atom is 0.190 e. The third kappa shape index (κ3) is 4.82. The fraction of sp³-hybridized carbons (Fsp3) is 0.368. The van der Waals surface area contributed by atoms with E-state index < -0.39 is 0 Å². The summed E-state index contributed by atoms with van der Waals surface area (Å²) in [4.78, 5) is 9.92. The second-order valence-electron chi connectivity index (χ2n) is 5.96. The maximum atomic E-state index is 4.38. The van der Waals surface area contributed by atoms with Crippen molar-refractivity contribution < 1.29 is 0 Å². The molecule has 0 aliphatic rings. The van der Waals surface area contributed by atoms with Gasteiger partial charge in [0.2, 0.25) is 0 Å². The Hall–Kier alpha value is -2.34. The number of thiazole rings is 1. The summed E-state index contributed by atoms with van der Waals surface area (Å²) in [5.74, 6) is 0.852. The first-order chi connectivity index (χ1) is 12.3. The zero-order valence-electron chi connectivity index (χ0n) is 14.8. The van der Waals surface area contributed by atoms with E-state index in [1.54, 1.807) is 11.3 Å². The van der Waals surface area contributed by atoms with Crippen LogP contribution in [0, 0.1) is 6.92 Å². The molecule has 2 N–H and O–H groups in total. The molecule has 0 atom stereocenters. The van der Waals surface area contributed by atoms with E-state index in [0.29, 0.717) is 0 Å². The lowest BCUT2D eigenvalue weighted by Crippen LogP contribution is -2.38. The van der Waals surface area contributed by atoms with Crippen LogP contribution >= 0.6 is 11.3 Å². The van der Waals surface area contributed by atoms with Gasteiger partial charge in [0.25, 0.3) is 0 Å². The van der Waals surface area contributed by atoms with Crippen molar-refractivity contribution in [2.45, 2.75) is 26.3 Å². The van der Waals surface area contributed by atoms with E-state index >= 15 is 0 Å². The van der Waals surface area contributed by atoms with Crippen LogP contribution in [0.1, 0.15) is 16.3 Å². The lowest BCUT2D eigenvalue weighted by atomic mass is 10.2. The van der Waals surface area contributed by atoms with Gasteiger partial charge >= 0.3 is 0 Å². The second-order valence-corrected chi connectivity index (χ2v) is 7.28. The van der Waals surface area contributed by atoms with Gasteiger partial charge in [-0.05, 0) is 30.9 Å². The summed E-state index contributed by atoms with van der Waals surface area (Å²) in [6.45, 7) is 4.82. The Kier molecular flexibility index (Phi) is 6.06. The molecule has 6 heteroatoms. The largest absolute Gasteiger partial charge is 0.356 e.